The van der Waals surface area contributed by atoms with Crippen LogP contribution < -0.4 is 10.6 Å². The summed E-state index contributed by atoms with van der Waals surface area (Å²) in [6.45, 7) is 11.9. The van der Waals surface area contributed by atoms with Crippen molar-refractivity contribution < 1.29 is 19.8 Å². The molecule has 0 saturated carbocycles. The molecule has 0 spiro atoms. The third-order valence-electron chi connectivity index (χ3n) is 3.62. The zero-order valence-corrected chi connectivity index (χ0v) is 15.0. The summed E-state index contributed by atoms with van der Waals surface area (Å²) in [4.78, 5) is 24.3. The van der Waals surface area contributed by atoms with E-state index in [1.165, 1.54) is 12.1 Å². The normalized spacial score (nSPS) is 18.6. The molecule has 2 atom stereocenters. The van der Waals surface area contributed by atoms with Gasteiger partial charge in [-0.25, -0.2) is 8.78 Å². The van der Waals surface area contributed by atoms with Crippen LogP contribution in [0.2, 0.25) is 0 Å². The number of halogens is 2. The Balaban J connectivity index is 0.00000201. The summed E-state index contributed by atoms with van der Waals surface area (Å²) >= 11 is 0. The quantitative estimate of drug-likeness (QED) is 0.634. The number of carbonyl (C=O) groups excluding carboxylic acids is 2. The van der Waals surface area contributed by atoms with Crippen molar-refractivity contribution in [3.63, 3.8) is 0 Å². The fourth-order valence-corrected chi connectivity index (χ4v) is 2.56. The molecule has 1 heterocycles. The summed E-state index contributed by atoms with van der Waals surface area (Å²) in [5, 5.41) is 4.89. The monoisotopic (exact) mass is 352 g/mol. The van der Waals surface area contributed by atoms with Crippen molar-refractivity contribution in [2.75, 3.05) is 11.9 Å². The molecule has 4 nitrogen and oxygen atoms in total. The van der Waals surface area contributed by atoms with E-state index in [0.717, 1.165) is 11.6 Å². The predicted octanol–water partition coefficient (Wildman–Crippen LogP) is 4.06. The summed E-state index contributed by atoms with van der Waals surface area (Å²) < 4.78 is 26.9. The predicted molar refractivity (Wildman–Crippen MR) is 97.0 cm³/mol. The van der Waals surface area contributed by atoms with E-state index in [-0.39, 0.29) is 13.7 Å². The maximum atomic E-state index is 13.7. The summed E-state index contributed by atoms with van der Waals surface area (Å²) in [5.74, 6) is -4.80. The molecular weight excluding hydrogens is 326 g/mol. The van der Waals surface area contributed by atoms with Crippen molar-refractivity contribution in [2.24, 2.45) is 11.8 Å². The van der Waals surface area contributed by atoms with Crippen LogP contribution in [-0.4, -0.2) is 18.4 Å². The lowest BCUT2D eigenvalue weighted by Gasteiger charge is -2.17. The summed E-state index contributed by atoms with van der Waals surface area (Å²) in [6.07, 6.45) is 1.80. The van der Waals surface area contributed by atoms with Crippen LogP contribution in [0.5, 0.6) is 0 Å². The van der Waals surface area contributed by atoms with Crippen LogP contribution in [0, 0.1) is 23.5 Å². The zero-order valence-electron chi connectivity index (χ0n) is 15.0. The van der Waals surface area contributed by atoms with Gasteiger partial charge in [-0.15, -0.1) is 0 Å². The summed E-state index contributed by atoms with van der Waals surface area (Å²) in [7, 11) is 0. The smallest absolute Gasteiger partial charge is 0.237 e. The number of anilines is 1. The highest BCUT2D eigenvalue weighted by Crippen LogP contribution is 2.28. The number of rotatable bonds is 4. The van der Waals surface area contributed by atoms with Crippen molar-refractivity contribution in [3.05, 3.63) is 53.6 Å². The highest BCUT2D eigenvalue weighted by Gasteiger charge is 2.41. The second-order valence-electron chi connectivity index (χ2n) is 5.72. The fourth-order valence-electron chi connectivity index (χ4n) is 2.56. The Morgan fingerprint density at radius 3 is 2.60 bits per heavy atom. The highest BCUT2D eigenvalue weighted by atomic mass is 19.2. The van der Waals surface area contributed by atoms with Crippen LogP contribution in [0.25, 0.3) is 0 Å². The lowest BCUT2D eigenvalue weighted by atomic mass is 9.87. The van der Waals surface area contributed by atoms with Gasteiger partial charge >= 0.3 is 0 Å². The molecule has 1 aromatic carbocycles. The second kappa shape index (κ2) is 9.11. The van der Waals surface area contributed by atoms with Crippen LogP contribution in [0.15, 0.2) is 42.0 Å². The van der Waals surface area contributed by atoms with Crippen LogP contribution >= 0.6 is 0 Å². The molecule has 0 bridgehead atoms. The molecular formula is C19H26F2N2O2. The lowest BCUT2D eigenvalue weighted by Crippen LogP contribution is -2.33. The Hall–Kier alpha value is -2.50. The van der Waals surface area contributed by atoms with E-state index in [9.17, 15) is 18.4 Å². The Labute approximate surface area is 148 Å². The molecule has 1 aromatic rings. The van der Waals surface area contributed by atoms with Gasteiger partial charge in [0, 0.05) is 13.9 Å². The van der Waals surface area contributed by atoms with E-state index >= 15 is 0 Å². The Bertz CT molecular complexity index is 701. The van der Waals surface area contributed by atoms with E-state index in [4.69, 9.17) is 0 Å². The van der Waals surface area contributed by atoms with E-state index in [1.54, 1.807) is 6.08 Å². The number of amides is 2. The third-order valence-corrected chi connectivity index (χ3v) is 3.62. The number of hydrogen-bond donors (Lipinski definition) is 2. The van der Waals surface area contributed by atoms with Crippen molar-refractivity contribution in [3.8, 4) is 0 Å². The molecule has 0 aromatic heterocycles. The largest absolute Gasteiger partial charge is 0.355 e. The lowest BCUT2D eigenvalue weighted by molar-refractivity contribution is -0.130. The van der Waals surface area contributed by atoms with Gasteiger partial charge in [0.15, 0.2) is 11.6 Å². The molecule has 2 rings (SSSR count). The van der Waals surface area contributed by atoms with Crippen molar-refractivity contribution in [1.82, 2.24) is 5.32 Å². The van der Waals surface area contributed by atoms with Crippen molar-refractivity contribution in [2.45, 2.75) is 27.7 Å². The average molecular weight is 352 g/mol. The first kappa shape index (κ1) is 20.5. The minimum absolute atomic E-state index is 0. The van der Waals surface area contributed by atoms with Crippen LogP contribution in [-0.2, 0) is 9.59 Å². The second-order valence-corrected chi connectivity index (χ2v) is 5.72. The first-order chi connectivity index (χ1) is 11.8. The maximum Gasteiger partial charge on any atom is 0.237 e. The van der Waals surface area contributed by atoms with E-state index in [2.05, 4.69) is 17.2 Å². The van der Waals surface area contributed by atoms with Gasteiger partial charge in [0.25, 0.3) is 0 Å². The van der Waals surface area contributed by atoms with Gasteiger partial charge in [0.2, 0.25) is 11.8 Å². The third kappa shape index (κ3) is 4.98. The van der Waals surface area contributed by atoms with Crippen LogP contribution in [0.1, 0.15) is 29.1 Å². The molecule has 138 valence electrons. The molecule has 2 amide bonds. The average Bonchev–Trinajstić information content (AvgIpc) is 2.95. The van der Waals surface area contributed by atoms with Gasteiger partial charge in [0.05, 0.1) is 5.69 Å². The molecule has 0 unspecified atom stereocenters. The highest BCUT2D eigenvalue weighted by molar-refractivity contribution is 6.08. The molecule has 0 radical (unpaired) electrons. The Morgan fingerprint density at radius 1 is 1.36 bits per heavy atom. The van der Waals surface area contributed by atoms with Crippen LogP contribution in [0.3, 0.4) is 0 Å². The molecule has 1 saturated heterocycles. The molecule has 6 heteroatoms. The van der Waals surface area contributed by atoms with E-state index in [1.807, 2.05) is 27.7 Å². The van der Waals surface area contributed by atoms with Gasteiger partial charge in [0.1, 0.15) is 5.92 Å². The van der Waals surface area contributed by atoms with Crippen molar-refractivity contribution in [1.29, 1.82) is 0 Å². The summed E-state index contributed by atoms with van der Waals surface area (Å²) in [6, 6.07) is 3.47. The maximum absolute atomic E-state index is 13.7. The topological polar surface area (TPSA) is 58.2 Å². The van der Waals surface area contributed by atoms with Gasteiger partial charge in [-0.2, -0.15) is 0 Å². The number of allylic oxidation sites excluding steroid dienone is 2. The van der Waals surface area contributed by atoms with Crippen LogP contribution in [0.4, 0.5) is 14.5 Å². The number of carbonyl (C=O) groups is 2. The fraction of sp³-hybridized carbons (Fsp3) is 0.368. The number of benzene rings is 1. The first-order valence-electron chi connectivity index (χ1n) is 8.17. The zero-order chi connectivity index (χ0) is 19.1. The molecule has 25 heavy (non-hydrogen) atoms. The Morgan fingerprint density at radius 2 is 2.00 bits per heavy atom. The van der Waals surface area contributed by atoms with Gasteiger partial charge in [-0.1, -0.05) is 38.1 Å². The first-order valence-corrected chi connectivity index (χ1v) is 8.17. The standard InChI is InChI=1S/C17H18F2N2O2.C2H6.H2/c1-9(2)7-10(3)11-8-20-16(22)14(11)17(23)21-13-6-4-5-12(18)15(13)19;1-2;/h4-7,11,14H,3,8H2,1-2H3,(H,20,22)(H,21,23);1-2H3;1H/t11-,14-;;/m1../s1. The van der Waals surface area contributed by atoms with Gasteiger partial charge in [-0.05, 0) is 31.6 Å². The van der Waals surface area contributed by atoms with E-state index < -0.39 is 35.3 Å². The minimum atomic E-state index is -1.15. The van der Waals surface area contributed by atoms with Gasteiger partial charge < -0.3 is 10.6 Å². The Kier molecular flexibility index (Phi) is 7.48. The number of hydrogen-bond acceptors (Lipinski definition) is 2. The minimum Gasteiger partial charge on any atom is -0.355 e. The molecule has 0 aliphatic carbocycles. The molecule has 1 aliphatic heterocycles. The molecule has 1 aliphatic rings. The summed E-state index contributed by atoms with van der Waals surface area (Å²) in [5.41, 5.74) is 1.34. The molecule has 1 fully saturated rings. The van der Waals surface area contributed by atoms with Crippen molar-refractivity contribution >= 4 is 17.5 Å². The van der Waals surface area contributed by atoms with Gasteiger partial charge in [-0.3, -0.25) is 9.59 Å². The number of nitrogens with one attached hydrogen (secondary N) is 2. The molecule has 2 N–H and O–H groups in total. The SMILES string of the molecule is C=C(C=C(C)C)[C@H]1CNC(=O)[C@@H]1C(=O)Nc1cccc(F)c1F.CC.[HH]. The van der Waals surface area contributed by atoms with E-state index in [0.29, 0.717) is 5.57 Å².